The molecule has 2 unspecified atom stereocenters. The number of hydrogen-bond donors (Lipinski definition) is 1. The molecule has 1 fully saturated rings. The molecule has 0 radical (unpaired) electrons. The molecule has 3 nitrogen and oxygen atoms in total. The SMILES string of the molecule is CC(C(=O)OC(C)(C)C)C1(O)CCCC(C)(C)C1. The van der Waals surface area contributed by atoms with Gasteiger partial charge in [-0.3, -0.25) is 4.79 Å². The van der Waals surface area contributed by atoms with E-state index >= 15 is 0 Å². The van der Waals surface area contributed by atoms with Crippen LogP contribution in [0.3, 0.4) is 0 Å². The molecule has 1 rings (SSSR count). The minimum absolute atomic E-state index is 0.100. The van der Waals surface area contributed by atoms with Gasteiger partial charge in [0.1, 0.15) is 5.60 Å². The van der Waals surface area contributed by atoms with Gasteiger partial charge in [0.05, 0.1) is 11.5 Å². The standard InChI is InChI=1S/C15H28O3/c1-11(12(16)18-13(2,3)4)15(17)9-7-8-14(5,6)10-15/h11,17H,7-10H2,1-6H3. The Morgan fingerprint density at radius 2 is 1.83 bits per heavy atom. The molecule has 0 aliphatic heterocycles. The molecule has 18 heavy (non-hydrogen) atoms. The number of esters is 1. The fraction of sp³-hybridized carbons (Fsp3) is 0.933. The third kappa shape index (κ3) is 3.98. The summed E-state index contributed by atoms with van der Waals surface area (Å²) in [5.74, 6) is -0.751. The van der Waals surface area contributed by atoms with E-state index in [1.54, 1.807) is 6.92 Å². The summed E-state index contributed by atoms with van der Waals surface area (Å²) in [6.45, 7) is 11.7. The van der Waals surface area contributed by atoms with Crippen molar-refractivity contribution in [3.63, 3.8) is 0 Å². The smallest absolute Gasteiger partial charge is 0.312 e. The van der Waals surface area contributed by atoms with Gasteiger partial charge >= 0.3 is 5.97 Å². The number of carbonyl (C=O) groups excluding carboxylic acids is 1. The molecule has 0 aromatic carbocycles. The highest BCUT2D eigenvalue weighted by atomic mass is 16.6. The summed E-state index contributed by atoms with van der Waals surface area (Å²) in [7, 11) is 0. The van der Waals surface area contributed by atoms with Crippen LogP contribution in [0.25, 0.3) is 0 Å². The Kier molecular flexibility index (Phi) is 4.16. The molecule has 2 atom stereocenters. The maximum Gasteiger partial charge on any atom is 0.312 e. The van der Waals surface area contributed by atoms with Gasteiger partial charge in [0.15, 0.2) is 0 Å². The first-order valence-corrected chi connectivity index (χ1v) is 6.90. The maximum atomic E-state index is 12.1. The second-order valence-corrected chi connectivity index (χ2v) is 7.55. The highest BCUT2D eigenvalue weighted by Gasteiger charge is 2.46. The summed E-state index contributed by atoms with van der Waals surface area (Å²) in [5.41, 5.74) is -1.31. The zero-order valence-corrected chi connectivity index (χ0v) is 12.7. The lowest BCUT2D eigenvalue weighted by Gasteiger charge is -2.44. The number of ether oxygens (including phenoxy) is 1. The third-order valence-electron chi connectivity index (χ3n) is 3.81. The van der Waals surface area contributed by atoms with Gasteiger partial charge in [-0.2, -0.15) is 0 Å². The van der Waals surface area contributed by atoms with Gasteiger partial charge in [0.25, 0.3) is 0 Å². The second kappa shape index (κ2) is 4.84. The van der Waals surface area contributed by atoms with Crippen molar-refractivity contribution in [3.8, 4) is 0 Å². The summed E-state index contributed by atoms with van der Waals surface area (Å²) >= 11 is 0. The minimum atomic E-state index is -0.913. The molecular formula is C15H28O3. The zero-order valence-electron chi connectivity index (χ0n) is 12.7. The van der Waals surface area contributed by atoms with Gasteiger partial charge in [-0.1, -0.05) is 20.3 Å². The van der Waals surface area contributed by atoms with Crippen LogP contribution < -0.4 is 0 Å². The van der Waals surface area contributed by atoms with E-state index in [1.165, 1.54) is 0 Å². The maximum absolute atomic E-state index is 12.1. The molecule has 0 heterocycles. The van der Waals surface area contributed by atoms with E-state index < -0.39 is 17.1 Å². The van der Waals surface area contributed by atoms with Crippen LogP contribution in [-0.2, 0) is 9.53 Å². The quantitative estimate of drug-likeness (QED) is 0.771. The normalized spacial score (nSPS) is 29.7. The minimum Gasteiger partial charge on any atom is -0.460 e. The number of hydrogen-bond acceptors (Lipinski definition) is 3. The van der Waals surface area contributed by atoms with Gasteiger partial charge in [0.2, 0.25) is 0 Å². The lowest BCUT2D eigenvalue weighted by Crippen LogP contribution is -2.48. The average molecular weight is 256 g/mol. The molecule has 0 aromatic rings. The molecule has 1 aliphatic rings. The summed E-state index contributed by atoms with van der Waals surface area (Å²) in [4.78, 5) is 12.1. The number of aliphatic hydroxyl groups is 1. The van der Waals surface area contributed by atoms with Crippen LogP contribution in [0.4, 0.5) is 0 Å². The molecule has 0 aromatic heterocycles. The predicted octanol–water partition coefficient (Wildman–Crippen LogP) is 3.30. The Morgan fingerprint density at radius 1 is 1.28 bits per heavy atom. The highest BCUT2D eigenvalue weighted by Crippen LogP contribution is 2.44. The fourth-order valence-corrected chi connectivity index (χ4v) is 2.86. The summed E-state index contributed by atoms with van der Waals surface area (Å²) in [6.07, 6.45) is 3.43. The first kappa shape index (κ1) is 15.5. The summed E-state index contributed by atoms with van der Waals surface area (Å²) < 4.78 is 5.39. The molecule has 1 aliphatic carbocycles. The third-order valence-corrected chi connectivity index (χ3v) is 3.81. The number of carbonyl (C=O) groups is 1. The van der Waals surface area contributed by atoms with Crippen LogP contribution in [0, 0.1) is 11.3 Å². The van der Waals surface area contributed by atoms with Crippen molar-refractivity contribution in [1.82, 2.24) is 0 Å². The summed E-state index contributed by atoms with van der Waals surface area (Å²) in [5, 5.41) is 10.7. The predicted molar refractivity (Wildman–Crippen MR) is 72.2 cm³/mol. The van der Waals surface area contributed by atoms with Gasteiger partial charge in [-0.25, -0.2) is 0 Å². The van der Waals surface area contributed by atoms with Crippen LogP contribution in [0.2, 0.25) is 0 Å². The summed E-state index contributed by atoms with van der Waals surface area (Å²) in [6, 6.07) is 0. The molecule has 0 saturated heterocycles. The first-order valence-electron chi connectivity index (χ1n) is 6.90. The van der Waals surface area contributed by atoms with Gasteiger partial charge in [0, 0.05) is 0 Å². The van der Waals surface area contributed by atoms with E-state index in [0.717, 1.165) is 12.8 Å². The van der Waals surface area contributed by atoms with E-state index in [9.17, 15) is 9.90 Å². The lowest BCUT2D eigenvalue weighted by molar-refractivity contribution is -0.173. The Balaban J connectivity index is 2.76. The number of rotatable bonds is 2. The lowest BCUT2D eigenvalue weighted by atomic mass is 9.66. The van der Waals surface area contributed by atoms with Gasteiger partial charge in [-0.05, 0) is 52.4 Å². The molecule has 1 saturated carbocycles. The van der Waals surface area contributed by atoms with Gasteiger partial charge in [-0.15, -0.1) is 0 Å². The van der Waals surface area contributed by atoms with E-state index in [2.05, 4.69) is 13.8 Å². The van der Waals surface area contributed by atoms with E-state index in [1.807, 2.05) is 20.8 Å². The highest BCUT2D eigenvalue weighted by molar-refractivity contribution is 5.74. The molecule has 0 spiro atoms. The Morgan fingerprint density at radius 3 is 2.28 bits per heavy atom. The van der Waals surface area contributed by atoms with Crippen molar-refractivity contribution < 1.29 is 14.6 Å². The van der Waals surface area contributed by atoms with Crippen molar-refractivity contribution >= 4 is 5.97 Å². The van der Waals surface area contributed by atoms with Crippen LogP contribution >= 0.6 is 0 Å². The van der Waals surface area contributed by atoms with Crippen LogP contribution in [0.5, 0.6) is 0 Å². The van der Waals surface area contributed by atoms with Crippen molar-refractivity contribution in [3.05, 3.63) is 0 Å². The topological polar surface area (TPSA) is 46.5 Å². The molecule has 106 valence electrons. The van der Waals surface area contributed by atoms with Crippen LogP contribution in [-0.4, -0.2) is 22.3 Å². The zero-order chi connectivity index (χ0) is 14.2. The van der Waals surface area contributed by atoms with Crippen LogP contribution in [0.15, 0.2) is 0 Å². The van der Waals surface area contributed by atoms with Crippen molar-refractivity contribution in [2.45, 2.75) is 78.4 Å². The van der Waals surface area contributed by atoms with E-state index in [4.69, 9.17) is 4.74 Å². The van der Waals surface area contributed by atoms with Crippen LogP contribution in [0.1, 0.15) is 67.2 Å². The van der Waals surface area contributed by atoms with Crippen molar-refractivity contribution in [2.75, 3.05) is 0 Å². The van der Waals surface area contributed by atoms with E-state index in [-0.39, 0.29) is 11.4 Å². The molecule has 1 N–H and O–H groups in total. The van der Waals surface area contributed by atoms with Crippen molar-refractivity contribution in [1.29, 1.82) is 0 Å². The second-order valence-electron chi connectivity index (χ2n) is 7.55. The largest absolute Gasteiger partial charge is 0.460 e. The Hall–Kier alpha value is -0.570. The molecule has 0 bridgehead atoms. The molecule has 0 amide bonds. The van der Waals surface area contributed by atoms with Crippen molar-refractivity contribution in [2.24, 2.45) is 11.3 Å². The van der Waals surface area contributed by atoms with Gasteiger partial charge < -0.3 is 9.84 Å². The molecule has 3 heteroatoms. The van der Waals surface area contributed by atoms with E-state index in [0.29, 0.717) is 12.8 Å². The first-order chi connectivity index (χ1) is 7.95. The fourth-order valence-electron chi connectivity index (χ4n) is 2.86. The Labute approximate surface area is 111 Å². The Bertz CT molecular complexity index is 314. The monoisotopic (exact) mass is 256 g/mol. The molecular weight excluding hydrogens is 228 g/mol. The average Bonchev–Trinajstić information content (AvgIpc) is 2.11.